The molecule has 0 bridgehead atoms. The molecule has 5 heteroatoms. The molecule has 0 saturated carbocycles. The maximum Gasteiger partial charge on any atom is 0.263 e. The number of nitrogens with one attached hydrogen (secondary N) is 1. The Kier molecular flexibility index (Phi) is 5.32. The van der Waals surface area contributed by atoms with Gasteiger partial charge in [0.05, 0.1) is 12.1 Å². The molecule has 0 unspecified atom stereocenters. The molecule has 0 aliphatic heterocycles. The van der Waals surface area contributed by atoms with Crippen LogP contribution < -0.4 is 10.9 Å². The van der Waals surface area contributed by atoms with Gasteiger partial charge in [0.25, 0.3) is 11.5 Å². The number of aliphatic hydroxyl groups is 1. The van der Waals surface area contributed by atoms with E-state index in [-0.39, 0.29) is 11.1 Å². The molecule has 29 heavy (non-hydrogen) atoms. The smallest absolute Gasteiger partial charge is 0.263 e. The molecule has 0 spiro atoms. The van der Waals surface area contributed by atoms with E-state index in [1.165, 1.54) is 0 Å². The Morgan fingerprint density at radius 1 is 1.10 bits per heavy atom. The molecule has 2 atom stereocenters. The van der Waals surface area contributed by atoms with Crippen LogP contribution in [0, 0.1) is 6.92 Å². The minimum absolute atomic E-state index is 0.136. The van der Waals surface area contributed by atoms with Crippen LogP contribution in [-0.2, 0) is 19.4 Å². The lowest BCUT2D eigenvalue weighted by Gasteiger charge is -2.19. The highest BCUT2D eigenvalue weighted by atomic mass is 16.3. The summed E-state index contributed by atoms with van der Waals surface area (Å²) in [5.41, 5.74) is 3.53. The van der Waals surface area contributed by atoms with E-state index >= 15 is 0 Å². The summed E-state index contributed by atoms with van der Waals surface area (Å²) in [5, 5.41) is 13.3. The zero-order valence-corrected chi connectivity index (χ0v) is 16.3. The average Bonchev–Trinajstić information content (AvgIpc) is 3.03. The Labute approximate surface area is 169 Å². The molecule has 1 aliphatic rings. The standard InChI is InChI=1S/C24H24N2O3/c1-16-11-13-26(14-12-17-7-3-2-4-8-17)24(29)21(16)23(28)25-22-19-10-6-5-9-18(19)15-20(22)27/h2-11,13,20,22,27H,12,14-15H2,1H3,(H,25,28)/t20-,22+/m0/s1. The van der Waals surface area contributed by atoms with Gasteiger partial charge in [-0.1, -0.05) is 54.6 Å². The Hall–Kier alpha value is -3.18. The Morgan fingerprint density at radius 2 is 1.83 bits per heavy atom. The van der Waals surface area contributed by atoms with E-state index < -0.39 is 18.1 Å². The van der Waals surface area contributed by atoms with E-state index in [1.807, 2.05) is 54.6 Å². The van der Waals surface area contributed by atoms with Crippen LogP contribution in [0.15, 0.2) is 71.7 Å². The molecule has 2 N–H and O–H groups in total. The van der Waals surface area contributed by atoms with Crippen LogP contribution in [0.2, 0.25) is 0 Å². The fraction of sp³-hybridized carbons (Fsp3) is 0.250. The number of hydrogen-bond donors (Lipinski definition) is 2. The SMILES string of the molecule is Cc1ccn(CCc2ccccc2)c(=O)c1C(=O)N[C@@H]1c2ccccc2C[C@@H]1O. The highest BCUT2D eigenvalue weighted by Gasteiger charge is 2.32. The Morgan fingerprint density at radius 3 is 2.62 bits per heavy atom. The number of aryl methyl sites for hydroxylation is 3. The number of carbonyl (C=O) groups is 1. The first-order valence-corrected chi connectivity index (χ1v) is 9.85. The van der Waals surface area contributed by atoms with Crippen molar-refractivity contribution in [1.29, 1.82) is 0 Å². The van der Waals surface area contributed by atoms with Gasteiger partial charge >= 0.3 is 0 Å². The van der Waals surface area contributed by atoms with E-state index in [0.717, 1.165) is 16.7 Å². The number of carbonyl (C=O) groups excluding carboxylic acids is 1. The number of aliphatic hydroxyl groups excluding tert-OH is 1. The summed E-state index contributed by atoms with van der Waals surface area (Å²) in [6.45, 7) is 2.26. The van der Waals surface area contributed by atoms with Crippen molar-refractivity contribution in [2.45, 2.75) is 38.5 Å². The predicted octanol–water partition coefficient (Wildman–Crippen LogP) is 2.79. The Bertz CT molecular complexity index is 1090. The van der Waals surface area contributed by atoms with Gasteiger partial charge in [-0.25, -0.2) is 0 Å². The van der Waals surface area contributed by atoms with Gasteiger partial charge in [0.2, 0.25) is 0 Å². The van der Waals surface area contributed by atoms with Gasteiger partial charge in [0.15, 0.2) is 0 Å². The van der Waals surface area contributed by atoms with Crippen LogP contribution in [0.25, 0.3) is 0 Å². The van der Waals surface area contributed by atoms with E-state index in [2.05, 4.69) is 5.32 Å². The third-order valence-corrected chi connectivity index (χ3v) is 5.58. The summed E-state index contributed by atoms with van der Waals surface area (Å²) >= 11 is 0. The molecule has 1 heterocycles. The molecule has 1 amide bonds. The van der Waals surface area contributed by atoms with Crippen LogP contribution in [-0.4, -0.2) is 21.7 Å². The first-order chi connectivity index (χ1) is 14.0. The van der Waals surface area contributed by atoms with Crippen LogP contribution in [0.4, 0.5) is 0 Å². The monoisotopic (exact) mass is 388 g/mol. The third-order valence-electron chi connectivity index (χ3n) is 5.58. The summed E-state index contributed by atoms with van der Waals surface area (Å²) in [7, 11) is 0. The number of aromatic nitrogens is 1. The maximum atomic E-state index is 13.0. The van der Waals surface area contributed by atoms with Crippen molar-refractivity contribution in [3.8, 4) is 0 Å². The molecular weight excluding hydrogens is 364 g/mol. The molecule has 2 aromatic carbocycles. The van der Waals surface area contributed by atoms with E-state index in [0.29, 0.717) is 24.9 Å². The minimum Gasteiger partial charge on any atom is -0.390 e. The fourth-order valence-electron chi connectivity index (χ4n) is 3.97. The topological polar surface area (TPSA) is 71.3 Å². The highest BCUT2D eigenvalue weighted by molar-refractivity contribution is 5.95. The third kappa shape index (κ3) is 3.87. The Balaban J connectivity index is 1.56. The number of pyridine rings is 1. The molecule has 0 fully saturated rings. The lowest BCUT2D eigenvalue weighted by atomic mass is 10.1. The molecule has 148 valence electrons. The number of amides is 1. The van der Waals surface area contributed by atoms with Crippen molar-refractivity contribution < 1.29 is 9.90 Å². The normalized spacial score (nSPS) is 17.7. The minimum atomic E-state index is -0.694. The van der Waals surface area contributed by atoms with Crippen molar-refractivity contribution in [3.63, 3.8) is 0 Å². The largest absolute Gasteiger partial charge is 0.390 e. The van der Waals surface area contributed by atoms with Gasteiger partial charge in [-0.2, -0.15) is 0 Å². The van der Waals surface area contributed by atoms with Crippen LogP contribution in [0.5, 0.6) is 0 Å². The second-order valence-corrected chi connectivity index (χ2v) is 7.53. The fourth-order valence-corrected chi connectivity index (χ4v) is 3.97. The maximum absolute atomic E-state index is 13.0. The molecule has 4 rings (SSSR count). The lowest BCUT2D eigenvalue weighted by molar-refractivity contribution is 0.0855. The summed E-state index contributed by atoms with van der Waals surface area (Å²) < 4.78 is 1.58. The molecule has 1 aliphatic carbocycles. The molecule has 5 nitrogen and oxygen atoms in total. The summed E-state index contributed by atoms with van der Waals surface area (Å²) in [6.07, 6.45) is 2.24. The molecule has 0 radical (unpaired) electrons. The molecule has 0 saturated heterocycles. The van der Waals surface area contributed by atoms with E-state index in [9.17, 15) is 14.7 Å². The molecule has 1 aromatic heterocycles. The second-order valence-electron chi connectivity index (χ2n) is 7.53. The van der Waals surface area contributed by atoms with E-state index in [4.69, 9.17) is 0 Å². The van der Waals surface area contributed by atoms with Gasteiger partial charge in [0, 0.05) is 19.2 Å². The van der Waals surface area contributed by atoms with Crippen LogP contribution in [0.1, 0.15) is 38.7 Å². The molecular formula is C24H24N2O3. The number of benzene rings is 2. The highest BCUT2D eigenvalue weighted by Crippen LogP contribution is 2.31. The van der Waals surface area contributed by atoms with E-state index in [1.54, 1.807) is 23.8 Å². The van der Waals surface area contributed by atoms with Gasteiger partial charge in [-0.15, -0.1) is 0 Å². The number of hydrogen-bond acceptors (Lipinski definition) is 3. The summed E-state index contributed by atoms with van der Waals surface area (Å²) in [4.78, 5) is 26.0. The van der Waals surface area contributed by atoms with Crippen molar-refractivity contribution in [1.82, 2.24) is 9.88 Å². The van der Waals surface area contributed by atoms with Gasteiger partial charge in [0.1, 0.15) is 5.56 Å². The van der Waals surface area contributed by atoms with Crippen LogP contribution in [0.3, 0.4) is 0 Å². The predicted molar refractivity (Wildman–Crippen MR) is 112 cm³/mol. The average molecular weight is 388 g/mol. The first-order valence-electron chi connectivity index (χ1n) is 9.85. The number of fused-ring (bicyclic) bond motifs is 1. The molecule has 3 aromatic rings. The van der Waals surface area contributed by atoms with Crippen molar-refractivity contribution in [2.24, 2.45) is 0 Å². The zero-order valence-electron chi connectivity index (χ0n) is 16.3. The van der Waals surface area contributed by atoms with Crippen LogP contribution >= 0.6 is 0 Å². The number of nitrogens with zero attached hydrogens (tertiary/aromatic N) is 1. The van der Waals surface area contributed by atoms with Gasteiger partial charge in [-0.3, -0.25) is 9.59 Å². The summed E-state index contributed by atoms with van der Waals surface area (Å²) in [5.74, 6) is -0.442. The van der Waals surface area contributed by atoms with Crippen molar-refractivity contribution in [3.05, 3.63) is 105 Å². The van der Waals surface area contributed by atoms with Crippen molar-refractivity contribution in [2.75, 3.05) is 0 Å². The van der Waals surface area contributed by atoms with Gasteiger partial charge < -0.3 is 15.0 Å². The zero-order chi connectivity index (χ0) is 20.4. The van der Waals surface area contributed by atoms with Crippen molar-refractivity contribution >= 4 is 5.91 Å². The first kappa shape index (κ1) is 19.2. The summed E-state index contributed by atoms with van der Waals surface area (Å²) in [6, 6.07) is 18.9. The number of rotatable bonds is 5. The van der Waals surface area contributed by atoms with Gasteiger partial charge in [-0.05, 0) is 41.7 Å². The second kappa shape index (κ2) is 8.05. The quantitative estimate of drug-likeness (QED) is 0.706. The lowest BCUT2D eigenvalue weighted by Crippen LogP contribution is -2.38.